The van der Waals surface area contributed by atoms with Crippen molar-refractivity contribution in [1.82, 2.24) is 20.4 Å². The van der Waals surface area contributed by atoms with E-state index in [1.54, 1.807) is 19.2 Å². The van der Waals surface area contributed by atoms with Crippen LogP contribution in [0.15, 0.2) is 48.5 Å². The lowest BCUT2D eigenvalue weighted by atomic mass is 10.1. The summed E-state index contributed by atoms with van der Waals surface area (Å²) in [5.41, 5.74) is 2.51. The summed E-state index contributed by atoms with van der Waals surface area (Å²) in [6, 6.07) is 15.2. The number of methoxy groups -OCH3 is 1. The van der Waals surface area contributed by atoms with E-state index in [0.717, 1.165) is 43.1 Å². The number of rotatable bonds is 9. The van der Waals surface area contributed by atoms with Crippen LogP contribution >= 0.6 is 0 Å². The summed E-state index contributed by atoms with van der Waals surface area (Å²) in [7, 11) is 3.76. The molecule has 0 aromatic heterocycles. The zero-order chi connectivity index (χ0) is 22.9. The lowest BCUT2D eigenvalue weighted by Gasteiger charge is -2.36. The largest absolute Gasteiger partial charge is 0.497 e. The Morgan fingerprint density at radius 2 is 1.56 bits per heavy atom. The minimum atomic E-state index is -0.0685. The minimum absolute atomic E-state index is 0.0464. The lowest BCUT2D eigenvalue weighted by molar-refractivity contribution is -0.120. The number of likely N-dealkylation sites (N-methyl/N-ethyl adjacent to an activating group) is 1. The maximum atomic E-state index is 12.5. The van der Waals surface area contributed by atoms with Gasteiger partial charge in [-0.05, 0) is 49.4 Å². The summed E-state index contributed by atoms with van der Waals surface area (Å²) in [5.74, 6) is 0.656. The van der Waals surface area contributed by atoms with Gasteiger partial charge in [0.2, 0.25) is 5.91 Å². The second-order valence-corrected chi connectivity index (χ2v) is 8.40. The molecule has 0 bridgehead atoms. The molecular formula is C25H34N4O3. The zero-order valence-corrected chi connectivity index (χ0v) is 19.3. The molecule has 0 radical (unpaired) electrons. The molecule has 2 aromatic carbocycles. The first kappa shape index (κ1) is 23.8. The van der Waals surface area contributed by atoms with Gasteiger partial charge in [0.25, 0.3) is 5.91 Å². The highest BCUT2D eigenvalue weighted by atomic mass is 16.5. The third kappa shape index (κ3) is 7.07. The number of carbonyl (C=O) groups excluding carboxylic acids is 2. The van der Waals surface area contributed by atoms with E-state index < -0.39 is 0 Å². The van der Waals surface area contributed by atoms with Crippen molar-refractivity contribution in [3.63, 3.8) is 0 Å². The van der Waals surface area contributed by atoms with Gasteiger partial charge in [0.05, 0.1) is 13.5 Å². The molecule has 1 heterocycles. The van der Waals surface area contributed by atoms with Gasteiger partial charge in [-0.25, -0.2) is 0 Å². The SMILES string of the molecule is COc1ccc(CC(=O)NCc2ccc(C(=O)NCC(C)N3CCN(C)CC3)cc2)cc1. The van der Waals surface area contributed by atoms with Crippen LogP contribution in [-0.4, -0.2) is 74.5 Å². The van der Waals surface area contributed by atoms with Crippen LogP contribution in [0.2, 0.25) is 0 Å². The Morgan fingerprint density at radius 1 is 0.938 bits per heavy atom. The van der Waals surface area contributed by atoms with Gasteiger partial charge < -0.3 is 20.3 Å². The number of piperazine rings is 1. The Kier molecular flexibility index (Phi) is 8.64. The highest BCUT2D eigenvalue weighted by Crippen LogP contribution is 2.12. The number of ether oxygens (including phenoxy) is 1. The molecule has 7 heteroatoms. The van der Waals surface area contributed by atoms with Crippen molar-refractivity contribution in [1.29, 1.82) is 0 Å². The Balaban J connectivity index is 1.40. The fourth-order valence-electron chi connectivity index (χ4n) is 3.70. The van der Waals surface area contributed by atoms with Crippen molar-refractivity contribution >= 4 is 11.8 Å². The van der Waals surface area contributed by atoms with Gasteiger partial charge in [-0.15, -0.1) is 0 Å². The maximum Gasteiger partial charge on any atom is 0.251 e. The second-order valence-electron chi connectivity index (χ2n) is 8.40. The summed E-state index contributed by atoms with van der Waals surface area (Å²) in [6.45, 7) is 7.41. The molecule has 1 fully saturated rings. The van der Waals surface area contributed by atoms with E-state index in [4.69, 9.17) is 4.74 Å². The molecule has 1 atom stereocenters. The molecule has 0 saturated carbocycles. The highest BCUT2D eigenvalue weighted by molar-refractivity contribution is 5.94. The molecule has 1 unspecified atom stereocenters. The monoisotopic (exact) mass is 438 g/mol. The molecule has 3 rings (SSSR count). The molecule has 1 aliphatic rings. The Morgan fingerprint density at radius 3 is 2.19 bits per heavy atom. The molecule has 0 spiro atoms. The van der Waals surface area contributed by atoms with Crippen LogP contribution in [0.3, 0.4) is 0 Å². The fourth-order valence-corrected chi connectivity index (χ4v) is 3.70. The predicted octanol–water partition coefficient (Wildman–Crippen LogP) is 1.92. The number of carbonyl (C=O) groups is 2. The summed E-state index contributed by atoms with van der Waals surface area (Å²) >= 11 is 0. The van der Waals surface area contributed by atoms with E-state index >= 15 is 0 Å². The fraction of sp³-hybridized carbons (Fsp3) is 0.440. The Hall–Kier alpha value is -2.90. The number of benzene rings is 2. The first-order valence-electron chi connectivity index (χ1n) is 11.1. The molecule has 32 heavy (non-hydrogen) atoms. The smallest absolute Gasteiger partial charge is 0.251 e. The molecule has 1 saturated heterocycles. The van der Waals surface area contributed by atoms with Crippen LogP contribution in [0, 0.1) is 0 Å². The number of hydrogen-bond acceptors (Lipinski definition) is 5. The lowest BCUT2D eigenvalue weighted by Crippen LogP contribution is -2.51. The summed E-state index contributed by atoms with van der Waals surface area (Å²) < 4.78 is 5.13. The number of hydrogen-bond donors (Lipinski definition) is 2. The zero-order valence-electron chi connectivity index (χ0n) is 19.3. The Labute approximate surface area is 190 Å². The minimum Gasteiger partial charge on any atom is -0.497 e. The quantitative estimate of drug-likeness (QED) is 0.626. The second kappa shape index (κ2) is 11.6. The van der Waals surface area contributed by atoms with Crippen LogP contribution in [0.5, 0.6) is 5.75 Å². The molecule has 7 nitrogen and oxygen atoms in total. The third-order valence-electron chi connectivity index (χ3n) is 5.95. The first-order chi connectivity index (χ1) is 15.4. The number of amides is 2. The van der Waals surface area contributed by atoms with Crippen LogP contribution < -0.4 is 15.4 Å². The van der Waals surface area contributed by atoms with E-state index in [1.807, 2.05) is 36.4 Å². The van der Waals surface area contributed by atoms with Crippen LogP contribution in [0.25, 0.3) is 0 Å². The van der Waals surface area contributed by atoms with Crippen LogP contribution in [0.1, 0.15) is 28.4 Å². The maximum absolute atomic E-state index is 12.5. The van der Waals surface area contributed by atoms with Crippen molar-refractivity contribution < 1.29 is 14.3 Å². The van der Waals surface area contributed by atoms with Crippen molar-refractivity contribution in [2.75, 3.05) is 46.9 Å². The van der Waals surface area contributed by atoms with Crippen molar-refractivity contribution in [3.8, 4) is 5.75 Å². The number of nitrogens with one attached hydrogen (secondary N) is 2. The molecule has 1 aliphatic heterocycles. The van der Waals surface area contributed by atoms with Crippen molar-refractivity contribution in [2.24, 2.45) is 0 Å². The topological polar surface area (TPSA) is 73.9 Å². The molecular weight excluding hydrogens is 404 g/mol. The molecule has 2 amide bonds. The van der Waals surface area contributed by atoms with Crippen LogP contribution in [0.4, 0.5) is 0 Å². The van der Waals surface area contributed by atoms with Gasteiger partial charge in [-0.1, -0.05) is 24.3 Å². The summed E-state index contributed by atoms with van der Waals surface area (Å²) in [4.78, 5) is 29.4. The van der Waals surface area contributed by atoms with Crippen LogP contribution in [-0.2, 0) is 17.8 Å². The third-order valence-corrected chi connectivity index (χ3v) is 5.95. The van der Waals surface area contributed by atoms with E-state index in [9.17, 15) is 9.59 Å². The molecule has 2 aromatic rings. The standard InChI is InChI=1S/C25H34N4O3/c1-19(29-14-12-28(2)13-15-29)17-27-25(31)22-8-4-21(5-9-22)18-26-24(30)16-20-6-10-23(32-3)11-7-20/h4-11,19H,12-18H2,1-3H3,(H,26,30)(H,27,31). The normalized spacial score (nSPS) is 15.7. The van der Waals surface area contributed by atoms with E-state index in [0.29, 0.717) is 31.1 Å². The summed E-state index contributed by atoms with van der Waals surface area (Å²) in [5, 5.41) is 5.96. The van der Waals surface area contributed by atoms with E-state index in [1.165, 1.54) is 0 Å². The molecule has 172 valence electrons. The molecule has 2 N–H and O–H groups in total. The number of nitrogens with zero attached hydrogens (tertiary/aromatic N) is 2. The van der Waals surface area contributed by atoms with Gasteiger partial charge in [0.1, 0.15) is 5.75 Å². The van der Waals surface area contributed by atoms with Gasteiger partial charge in [0, 0.05) is 50.9 Å². The van der Waals surface area contributed by atoms with Gasteiger partial charge in [-0.3, -0.25) is 14.5 Å². The predicted molar refractivity (Wildman–Crippen MR) is 126 cm³/mol. The van der Waals surface area contributed by atoms with Crippen molar-refractivity contribution in [3.05, 3.63) is 65.2 Å². The van der Waals surface area contributed by atoms with Gasteiger partial charge in [-0.2, -0.15) is 0 Å². The highest BCUT2D eigenvalue weighted by Gasteiger charge is 2.19. The first-order valence-corrected chi connectivity index (χ1v) is 11.1. The average Bonchev–Trinajstić information content (AvgIpc) is 2.82. The van der Waals surface area contributed by atoms with Gasteiger partial charge >= 0.3 is 0 Å². The Bertz CT molecular complexity index is 875. The van der Waals surface area contributed by atoms with E-state index in [2.05, 4.69) is 34.4 Å². The van der Waals surface area contributed by atoms with E-state index in [-0.39, 0.29) is 11.8 Å². The van der Waals surface area contributed by atoms with Crippen molar-refractivity contribution in [2.45, 2.75) is 25.9 Å². The summed E-state index contributed by atoms with van der Waals surface area (Å²) in [6.07, 6.45) is 0.315. The molecule has 0 aliphatic carbocycles. The average molecular weight is 439 g/mol. The van der Waals surface area contributed by atoms with Gasteiger partial charge in [0.15, 0.2) is 0 Å².